The Hall–Kier alpha value is -2.76. The maximum atomic E-state index is 12.8. The van der Waals surface area contributed by atoms with Gasteiger partial charge in [0.2, 0.25) is 0 Å². The molecule has 120 valence electrons. The van der Waals surface area contributed by atoms with Crippen molar-refractivity contribution in [2.24, 2.45) is 0 Å². The van der Waals surface area contributed by atoms with Crippen LogP contribution in [0.4, 0.5) is 4.39 Å². The van der Waals surface area contributed by atoms with Crippen molar-refractivity contribution >= 4 is 11.8 Å². The van der Waals surface area contributed by atoms with E-state index in [2.05, 4.69) is 15.8 Å². The highest BCUT2D eigenvalue weighted by atomic mass is 19.1. The lowest BCUT2D eigenvalue weighted by atomic mass is 9.91. The molecule has 1 aromatic heterocycles. The Bertz CT molecular complexity index is 721. The van der Waals surface area contributed by atoms with E-state index in [1.807, 2.05) is 20.8 Å². The summed E-state index contributed by atoms with van der Waals surface area (Å²) < 4.78 is 12.8. The summed E-state index contributed by atoms with van der Waals surface area (Å²) in [4.78, 5) is 28.2. The van der Waals surface area contributed by atoms with Crippen LogP contribution in [0.5, 0.6) is 0 Å². The molecule has 2 amide bonds. The van der Waals surface area contributed by atoms with E-state index >= 15 is 0 Å². The molecule has 0 radical (unpaired) electrons. The Morgan fingerprint density at radius 1 is 0.957 bits per heavy atom. The number of aromatic nitrogens is 1. The van der Waals surface area contributed by atoms with E-state index in [0.717, 1.165) is 5.69 Å². The molecule has 0 fully saturated rings. The highest BCUT2D eigenvalue weighted by Crippen LogP contribution is 2.20. The minimum atomic E-state index is -0.525. The van der Waals surface area contributed by atoms with Crippen LogP contribution >= 0.6 is 0 Å². The second-order valence-electron chi connectivity index (χ2n) is 6.09. The molecule has 0 unspecified atom stereocenters. The van der Waals surface area contributed by atoms with Gasteiger partial charge in [0.05, 0.1) is 0 Å². The van der Waals surface area contributed by atoms with Crippen molar-refractivity contribution in [1.82, 2.24) is 15.8 Å². The largest absolute Gasteiger partial charge is 0.269 e. The standard InChI is InChI=1S/C17H18FN3O2/c1-17(2,3)14-10-12(8-9-19-14)16(23)21-20-15(22)11-4-6-13(18)7-5-11/h4-10H,1-3H3,(H,20,22)(H,21,23). The summed E-state index contributed by atoms with van der Waals surface area (Å²) in [7, 11) is 0. The van der Waals surface area contributed by atoms with Gasteiger partial charge in [0, 0.05) is 28.4 Å². The van der Waals surface area contributed by atoms with Crippen molar-refractivity contribution in [3.8, 4) is 0 Å². The fourth-order valence-corrected chi connectivity index (χ4v) is 1.84. The molecule has 0 bridgehead atoms. The SMILES string of the molecule is CC(C)(C)c1cc(C(=O)NNC(=O)c2ccc(F)cc2)ccn1. The third-order valence-corrected chi connectivity index (χ3v) is 3.19. The average Bonchev–Trinajstić information content (AvgIpc) is 2.52. The maximum absolute atomic E-state index is 12.8. The van der Waals surface area contributed by atoms with Crippen LogP contribution in [0.3, 0.4) is 0 Å². The monoisotopic (exact) mass is 315 g/mol. The first-order chi connectivity index (χ1) is 10.8. The first-order valence-electron chi connectivity index (χ1n) is 7.10. The van der Waals surface area contributed by atoms with Gasteiger partial charge in [-0.25, -0.2) is 4.39 Å². The van der Waals surface area contributed by atoms with E-state index in [9.17, 15) is 14.0 Å². The third kappa shape index (κ3) is 4.35. The highest BCUT2D eigenvalue weighted by Gasteiger charge is 2.17. The summed E-state index contributed by atoms with van der Waals surface area (Å²) in [5.41, 5.74) is 5.85. The molecule has 5 nitrogen and oxygen atoms in total. The van der Waals surface area contributed by atoms with E-state index in [-0.39, 0.29) is 11.0 Å². The van der Waals surface area contributed by atoms with Gasteiger partial charge in [0.15, 0.2) is 0 Å². The molecule has 1 heterocycles. The predicted molar refractivity (Wildman–Crippen MR) is 84.3 cm³/mol. The van der Waals surface area contributed by atoms with Gasteiger partial charge in [-0.3, -0.25) is 25.4 Å². The highest BCUT2D eigenvalue weighted by molar-refractivity contribution is 5.99. The Kier molecular flexibility index (Phi) is 4.74. The van der Waals surface area contributed by atoms with Crippen molar-refractivity contribution in [1.29, 1.82) is 0 Å². The number of hydrogen-bond donors (Lipinski definition) is 2. The van der Waals surface area contributed by atoms with Crippen molar-refractivity contribution < 1.29 is 14.0 Å². The molecule has 0 saturated carbocycles. The number of hydrazine groups is 1. The number of halogens is 1. The van der Waals surface area contributed by atoms with Gasteiger partial charge in [-0.05, 0) is 36.4 Å². The molecule has 23 heavy (non-hydrogen) atoms. The molecule has 0 atom stereocenters. The number of nitrogens with zero attached hydrogens (tertiary/aromatic N) is 1. The van der Waals surface area contributed by atoms with Crippen LogP contribution in [0, 0.1) is 5.82 Å². The molecule has 2 rings (SSSR count). The summed E-state index contributed by atoms with van der Waals surface area (Å²) >= 11 is 0. The zero-order valence-electron chi connectivity index (χ0n) is 13.2. The fraction of sp³-hybridized carbons (Fsp3) is 0.235. The number of rotatable bonds is 2. The topological polar surface area (TPSA) is 71.1 Å². The number of pyridine rings is 1. The lowest BCUT2D eigenvalue weighted by Gasteiger charge is -2.18. The molecule has 0 saturated heterocycles. The first kappa shape index (κ1) is 16.6. The lowest BCUT2D eigenvalue weighted by molar-refractivity contribution is 0.0846. The lowest BCUT2D eigenvalue weighted by Crippen LogP contribution is -2.41. The van der Waals surface area contributed by atoms with Crippen LogP contribution < -0.4 is 10.9 Å². The summed E-state index contributed by atoms with van der Waals surface area (Å²) in [5, 5.41) is 0. The average molecular weight is 315 g/mol. The van der Waals surface area contributed by atoms with E-state index in [1.54, 1.807) is 18.3 Å². The van der Waals surface area contributed by atoms with Crippen LogP contribution in [-0.2, 0) is 5.41 Å². The zero-order valence-corrected chi connectivity index (χ0v) is 13.2. The van der Waals surface area contributed by atoms with E-state index in [4.69, 9.17) is 0 Å². The summed E-state index contributed by atoms with van der Waals surface area (Å²) in [6.45, 7) is 5.98. The smallest absolute Gasteiger partial charge is 0.267 e. The molecule has 2 N–H and O–H groups in total. The quantitative estimate of drug-likeness (QED) is 0.837. The molecule has 0 spiro atoms. The fourth-order valence-electron chi connectivity index (χ4n) is 1.84. The zero-order chi connectivity index (χ0) is 17.0. The Labute approximate surface area is 133 Å². The Balaban J connectivity index is 2.02. The van der Waals surface area contributed by atoms with Crippen LogP contribution in [-0.4, -0.2) is 16.8 Å². The van der Waals surface area contributed by atoms with Crippen LogP contribution in [0.2, 0.25) is 0 Å². The predicted octanol–water partition coefficient (Wildman–Crippen LogP) is 2.59. The first-order valence-corrected chi connectivity index (χ1v) is 7.10. The molecule has 0 aliphatic heterocycles. The normalized spacial score (nSPS) is 11.0. The van der Waals surface area contributed by atoms with Crippen molar-refractivity contribution in [3.63, 3.8) is 0 Å². The van der Waals surface area contributed by atoms with Crippen LogP contribution in [0.25, 0.3) is 0 Å². The molecular weight excluding hydrogens is 297 g/mol. The van der Waals surface area contributed by atoms with Crippen LogP contribution in [0.1, 0.15) is 47.2 Å². The number of hydrogen-bond acceptors (Lipinski definition) is 3. The van der Waals surface area contributed by atoms with E-state index in [1.165, 1.54) is 24.3 Å². The maximum Gasteiger partial charge on any atom is 0.269 e. The van der Waals surface area contributed by atoms with Crippen LogP contribution in [0.15, 0.2) is 42.6 Å². The van der Waals surface area contributed by atoms with E-state index in [0.29, 0.717) is 5.56 Å². The molecule has 2 aromatic rings. The minimum Gasteiger partial charge on any atom is -0.267 e. The van der Waals surface area contributed by atoms with Gasteiger partial charge in [-0.15, -0.1) is 0 Å². The number of carbonyl (C=O) groups is 2. The Morgan fingerprint density at radius 3 is 2.09 bits per heavy atom. The van der Waals surface area contributed by atoms with Crippen molar-refractivity contribution in [3.05, 3.63) is 65.2 Å². The number of nitrogens with one attached hydrogen (secondary N) is 2. The number of amides is 2. The molecular formula is C17H18FN3O2. The third-order valence-electron chi connectivity index (χ3n) is 3.19. The van der Waals surface area contributed by atoms with Gasteiger partial charge in [0.25, 0.3) is 11.8 Å². The molecule has 0 aliphatic rings. The summed E-state index contributed by atoms with van der Waals surface area (Å²) in [5.74, 6) is -1.41. The Morgan fingerprint density at radius 2 is 1.52 bits per heavy atom. The van der Waals surface area contributed by atoms with Crippen molar-refractivity contribution in [2.75, 3.05) is 0 Å². The second-order valence-corrected chi connectivity index (χ2v) is 6.09. The van der Waals surface area contributed by atoms with Gasteiger partial charge < -0.3 is 0 Å². The number of benzene rings is 1. The molecule has 0 aliphatic carbocycles. The number of carbonyl (C=O) groups excluding carboxylic acids is 2. The molecule has 6 heteroatoms. The molecule has 1 aromatic carbocycles. The van der Waals surface area contributed by atoms with Gasteiger partial charge in [-0.2, -0.15) is 0 Å². The second kappa shape index (κ2) is 6.56. The van der Waals surface area contributed by atoms with Gasteiger partial charge in [-0.1, -0.05) is 20.8 Å². The minimum absolute atomic E-state index is 0.187. The van der Waals surface area contributed by atoms with E-state index < -0.39 is 17.6 Å². The van der Waals surface area contributed by atoms with Gasteiger partial charge >= 0.3 is 0 Å². The van der Waals surface area contributed by atoms with Crippen molar-refractivity contribution in [2.45, 2.75) is 26.2 Å². The summed E-state index contributed by atoms with van der Waals surface area (Å²) in [6, 6.07) is 8.26. The van der Waals surface area contributed by atoms with Gasteiger partial charge in [0.1, 0.15) is 5.82 Å². The summed E-state index contributed by atoms with van der Waals surface area (Å²) in [6.07, 6.45) is 1.55.